The second kappa shape index (κ2) is 8.81. The first-order valence-corrected chi connectivity index (χ1v) is 12.1. The van der Waals surface area contributed by atoms with Crippen LogP contribution in [-0.2, 0) is 0 Å². The van der Waals surface area contributed by atoms with E-state index in [0.717, 1.165) is 27.8 Å². The van der Waals surface area contributed by atoms with Crippen molar-refractivity contribution in [3.63, 3.8) is 0 Å². The number of ether oxygens (including phenoxy) is 2. The second-order valence-corrected chi connectivity index (χ2v) is 9.39. The van der Waals surface area contributed by atoms with Gasteiger partial charge in [-0.3, -0.25) is 4.90 Å². The fourth-order valence-electron chi connectivity index (χ4n) is 4.70. The van der Waals surface area contributed by atoms with Crippen molar-refractivity contribution in [3.05, 3.63) is 94.5 Å². The number of allylic oxidation sites excluding steroid dienone is 1. The number of urea groups is 1. The van der Waals surface area contributed by atoms with Crippen molar-refractivity contribution in [2.45, 2.75) is 33.7 Å². The summed E-state index contributed by atoms with van der Waals surface area (Å²) in [6.07, 6.45) is 0. The Bertz CT molecular complexity index is 1550. The number of benzene rings is 3. The summed E-state index contributed by atoms with van der Waals surface area (Å²) < 4.78 is 16.8. The molecule has 0 radical (unpaired) electrons. The highest BCUT2D eigenvalue weighted by atomic mass is 16.7. The molecule has 1 aromatic heterocycles. The van der Waals surface area contributed by atoms with Crippen LogP contribution in [0.15, 0.2) is 70.9 Å². The molecule has 8 nitrogen and oxygen atoms in total. The molecule has 2 aliphatic rings. The molecular formula is C29H26N4O4. The number of rotatable bonds is 4. The van der Waals surface area contributed by atoms with E-state index < -0.39 is 6.04 Å². The third kappa shape index (κ3) is 4.00. The van der Waals surface area contributed by atoms with Crippen molar-refractivity contribution in [1.82, 2.24) is 15.5 Å². The highest BCUT2D eigenvalue weighted by Crippen LogP contribution is 2.42. The zero-order valence-corrected chi connectivity index (χ0v) is 21.0. The van der Waals surface area contributed by atoms with Gasteiger partial charge in [0, 0.05) is 17.3 Å². The Kier molecular flexibility index (Phi) is 5.44. The molecule has 0 saturated heterocycles. The lowest BCUT2D eigenvalue weighted by atomic mass is 9.92. The van der Waals surface area contributed by atoms with Crippen molar-refractivity contribution >= 4 is 17.3 Å². The van der Waals surface area contributed by atoms with Gasteiger partial charge in [-0.15, -0.1) is 0 Å². The van der Waals surface area contributed by atoms with Gasteiger partial charge in [0.2, 0.25) is 12.6 Å². The average Bonchev–Trinajstić information content (AvgIpc) is 3.55. The average molecular weight is 495 g/mol. The number of nitrogens with one attached hydrogen (secondary N) is 1. The molecule has 0 spiro atoms. The number of hydrogen-bond donors (Lipinski definition) is 1. The van der Waals surface area contributed by atoms with Gasteiger partial charge >= 0.3 is 6.03 Å². The van der Waals surface area contributed by atoms with Crippen LogP contribution in [0.5, 0.6) is 11.5 Å². The number of amides is 2. The fourth-order valence-corrected chi connectivity index (χ4v) is 4.70. The molecule has 0 fully saturated rings. The summed E-state index contributed by atoms with van der Waals surface area (Å²) >= 11 is 0. The summed E-state index contributed by atoms with van der Waals surface area (Å²) in [6.45, 7) is 8.20. The predicted octanol–water partition coefficient (Wildman–Crippen LogP) is 6.09. The van der Waals surface area contributed by atoms with E-state index >= 15 is 0 Å². The van der Waals surface area contributed by atoms with Crippen LogP contribution in [-0.4, -0.2) is 23.0 Å². The van der Waals surface area contributed by atoms with E-state index in [-0.39, 0.29) is 12.8 Å². The van der Waals surface area contributed by atoms with Crippen LogP contribution in [0.3, 0.4) is 0 Å². The molecule has 1 atom stereocenters. The van der Waals surface area contributed by atoms with Gasteiger partial charge in [0.1, 0.15) is 0 Å². The highest BCUT2D eigenvalue weighted by Gasteiger charge is 2.37. The Morgan fingerprint density at radius 1 is 0.892 bits per heavy atom. The lowest BCUT2D eigenvalue weighted by Crippen LogP contribution is -2.46. The molecule has 3 heterocycles. The summed E-state index contributed by atoms with van der Waals surface area (Å²) in [5, 5.41) is 7.42. The lowest BCUT2D eigenvalue weighted by Gasteiger charge is -2.35. The fraction of sp³-hybridized carbons (Fsp3) is 0.207. The molecule has 0 saturated carbocycles. The Labute approximate surface area is 214 Å². The molecule has 2 aliphatic heterocycles. The summed E-state index contributed by atoms with van der Waals surface area (Å²) in [5.41, 5.74) is 7.31. The minimum atomic E-state index is -0.469. The molecule has 2 amide bonds. The third-order valence-corrected chi connectivity index (χ3v) is 6.93. The van der Waals surface area contributed by atoms with E-state index in [1.54, 1.807) is 17.0 Å². The van der Waals surface area contributed by atoms with Crippen molar-refractivity contribution in [2.24, 2.45) is 0 Å². The number of aromatic nitrogens is 2. The number of nitrogens with zero attached hydrogens (tertiary/aromatic N) is 3. The van der Waals surface area contributed by atoms with Crippen LogP contribution in [0.2, 0.25) is 0 Å². The summed E-state index contributed by atoms with van der Waals surface area (Å²) in [7, 11) is 0. The molecule has 3 aromatic carbocycles. The number of carbonyl (C=O) groups is 1. The van der Waals surface area contributed by atoms with E-state index in [1.807, 2.05) is 50.2 Å². The number of hydrogen-bond acceptors (Lipinski definition) is 6. The number of anilines is 1. The molecule has 6 rings (SSSR count). The van der Waals surface area contributed by atoms with Gasteiger partial charge < -0.3 is 19.3 Å². The van der Waals surface area contributed by atoms with Gasteiger partial charge in [-0.25, -0.2) is 4.79 Å². The largest absolute Gasteiger partial charge is 0.454 e. The molecule has 0 bridgehead atoms. The topological polar surface area (TPSA) is 89.7 Å². The number of aryl methyl sites for hydroxylation is 3. The minimum Gasteiger partial charge on any atom is -0.454 e. The lowest BCUT2D eigenvalue weighted by molar-refractivity contribution is 0.174. The van der Waals surface area contributed by atoms with Gasteiger partial charge in [0.15, 0.2) is 11.5 Å². The maximum absolute atomic E-state index is 13.5. The minimum absolute atomic E-state index is 0.156. The van der Waals surface area contributed by atoms with E-state index in [9.17, 15) is 4.79 Å². The highest BCUT2D eigenvalue weighted by molar-refractivity contribution is 6.01. The first kappa shape index (κ1) is 22.8. The van der Waals surface area contributed by atoms with Crippen molar-refractivity contribution in [1.29, 1.82) is 0 Å². The summed E-state index contributed by atoms with van der Waals surface area (Å²) in [4.78, 5) is 19.9. The van der Waals surface area contributed by atoms with E-state index in [0.29, 0.717) is 34.6 Å². The van der Waals surface area contributed by atoms with Crippen molar-refractivity contribution < 1.29 is 18.8 Å². The molecule has 0 aliphatic carbocycles. The standard InChI is InChI=1S/C29H26N4O4/c1-16-5-8-20(9-6-16)27-31-28(37-32-27)25-19(4)33(22-11-12-23-24(14-22)36-15-35-23)29(34)30-26(25)21-10-7-17(2)18(3)13-21/h5-14,26H,15H2,1-4H3,(H,30,34). The van der Waals surface area contributed by atoms with Crippen LogP contribution in [0.25, 0.3) is 17.0 Å². The molecule has 4 aromatic rings. The molecular weight excluding hydrogens is 468 g/mol. The monoisotopic (exact) mass is 494 g/mol. The van der Waals surface area contributed by atoms with Crippen LogP contribution in [0.4, 0.5) is 10.5 Å². The van der Waals surface area contributed by atoms with Crippen LogP contribution < -0.4 is 19.7 Å². The quantitative estimate of drug-likeness (QED) is 0.369. The summed E-state index contributed by atoms with van der Waals surface area (Å²) in [5.74, 6) is 2.08. The maximum Gasteiger partial charge on any atom is 0.327 e. The predicted molar refractivity (Wildman–Crippen MR) is 139 cm³/mol. The third-order valence-electron chi connectivity index (χ3n) is 6.93. The first-order chi connectivity index (χ1) is 17.9. The van der Waals surface area contributed by atoms with Crippen LogP contribution >= 0.6 is 0 Å². The van der Waals surface area contributed by atoms with Crippen LogP contribution in [0, 0.1) is 20.8 Å². The Morgan fingerprint density at radius 3 is 2.46 bits per heavy atom. The SMILES string of the molecule is CC1=C(c2nc(-c3ccc(C)cc3)no2)C(c2ccc(C)c(C)c2)NC(=O)N1c1ccc2c(c1)OCO2. The zero-order valence-electron chi connectivity index (χ0n) is 21.0. The Hall–Kier alpha value is -4.59. The molecule has 1 unspecified atom stereocenters. The van der Waals surface area contributed by atoms with Gasteiger partial charge in [-0.05, 0) is 56.5 Å². The smallest absolute Gasteiger partial charge is 0.327 e. The van der Waals surface area contributed by atoms with Gasteiger partial charge in [0.05, 0.1) is 17.3 Å². The van der Waals surface area contributed by atoms with E-state index in [1.165, 1.54) is 5.56 Å². The zero-order chi connectivity index (χ0) is 25.7. The van der Waals surface area contributed by atoms with Gasteiger partial charge in [-0.2, -0.15) is 4.98 Å². The molecule has 186 valence electrons. The molecule has 1 N–H and O–H groups in total. The van der Waals surface area contributed by atoms with Crippen LogP contribution in [0.1, 0.15) is 41.1 Å². The molecule has 37 heavy (non-hydrogen) atoms. The molecule has 8 heteroatoms. The first-order valence-electron chi connectivity index (χ1n) is 12.1. The second-order valence-electron chi connectivity index (χ2n) is 9.39. The van der Waals surface area contributed by atoms with E-state index in [2.05, 4.69) is 36.5 Å². The summed E-state index contributed by atoms with van der Waals surface area (Å²) in [6, 6.07) is 18.8. The maximum atomic E-state index is 13.5. The van der Waals surface area contributed by atoms with Crippen molar-refractivity contribution in [2.75, 3.05) is 11.7 Å². The van der Waals surface area contributed by atoms with Crippen molar-refractivity contribution in [3.8, 4) is 22.9 Å². The van der Waals surface area contributed by atoms with Gasteiger partial charge in [-0.1, -0.05) is 53.2 Å². The number of fused-ring (bicyclic) bond motifs is 1. The Morgan fingerprint density at radius 2 is 1.68 bits per heavy atom. The normalized spacial score (nSPS) is 16.8. The number of carbonyl (C=O) groups excluding carboxylic acids is 1. The van der Waals surface area contributed by atoms with Gasteiger partial charge in [0.25, 0.3) is 5.89 Å². The Balaban J connectivity index is 1.49. The van der Waals surface area contributed by atoms with E-state index in [4.69, 9.17) is 19.0 Å².